The Kier molecular flexibility index (Phi) is 8.39. The van der Waals surface area contributed by atoms with E-state index in [0.29, 0.717) is 35.9 Å². The summed E-state index contributed by atoms with van der Waals surface area (Å²) in [5.41, 5.74) is 3.52. The minimum atomic E-state index is -0.618. The van der Waals surface area contributed by atoms with Crippen LogP contribution < -0.4 is 15.1 Å². The van der Waals surface area contributed by atoms with Crippen LogP contribution in [-0.4, -0.2) is 47.0 Å². The number of anilines is 3. The maximum atomic E-state index is 13.3. The molecule has 0 unspecified atom stereocenters. The number of hydrogen-bond donors (Lipinski definition) is 1. The van der Waals surface area contributed by atoms with Crippen LogP contribution in [0.3, 0.4) is 0 Å². The van der Waals surface area contributed by atoms with E-state index in [1.54, 1.807) is 15.8 Å². The molecule has 1 aromatic heterocycles. The summed E-state index contributed by atoms with van der Waals surface area (Å²) in [5, 5.41) is 7.27. The van der Waals surface area contributed by atoms with Crippen molar-refractivity contribution in [2.24, 2.45) is 5.92 Å². The van der Waals surface area contributed by atoms with Gasteiger partial charge in [0.2, 0.25) is 0 Å². The van der Waals surface area contributed by atoms with Gasteiger partial charge in [-0.2, -0.15) is 5.10 Å². The number of benzene rings is 2. The first-order valence-electron chi connectivity index (χ1n) is 13.3. The lowest BCUT2D eigenvalue weighted by atomic mass is 9.97. The number of carbonyl (C=O) groups is 2. The Hall–Kier alpha value is -3.81. The molecule has 3 aromatic rings. The summed E-state index contributed by atoms with van der Waals surface area (Å²) in [6.07, 6.45) is 5.40. The molecule has 1 N–H and O–H groups in total. The number of piperidine rings is 1. The number of carbonyl (C=O) groups excluding carboxylic acids is 2. The number of aromatic nitrogens is 2. The molecule has 0 bridgehead atoms. The van der Waals surface area contributed by atoms with Gasteiger partial charge >= 0.3 is 6.09 Å². The van der Waals surface area contributed by atoms with Crippen LogP contribution in [0.4, 0.5) is 21.9 Å². The van der Waals surface area contributed by atoms with Crippen LogP contribution in [0.1, 0.15) is 56.5 Å². The van der Waals surface area contributed by atoms with Gasteiger partial charge in [0.1, 0.15) is 5.60 Å². The van der Waals surface area contributed by atoms with Crippen molar-refractivity contribution < 1.29 is 14.3 Å². The third-order valence-electron chi connectivity index (χ3n) is 6.68. The molecule has 2 heterocycles. The number of amides is 2. The second-order valence-electron chi connectivity index (χ2n) is 11.1. The van der Waals surface area contributed by atoms with Gasteiger partial charge in [-0.1, -0.05) is 13.0 Å². The Labute approximate surface area is 225 Å². The molecule has 1 aliphatic rings. The van der Waals surface area contributed by atoms with Crippen LogP contribution in [-0.2, 0) is 11.3 Å². The molecule has 1 fully saturated rings. The van der Waals surface area contributed by atoms with E-state index in [9.17, 15) is 9.59 Å². The van der Waals surface area contributed by atoms with E-state index in [1.165, 1.54) is 0 Å². The molecule has 0 spiro atoms. The maximum Gasteiger partial charge on any atom is 0.414 e. The topological polar surface area (TPSA) is 79.7 Å². The van der Waals surface area contributed by atoms with E-state index in [1.807, 2.05) is 69.4 Å². The van der Waals surface area contributed by atoms with Gasteiger partial charge in [0.05, 0.1) is 12.1 Å². The quantitative estimate of drug-likeness (QED) is 0.408. The average Bonchev–Trinajstić information content (AvgIpc) is 3.38. The fourth-order valence-corrected chi connectivity index (χ4v) is 4.55. The van der Waals surface area contributed by atoms with Gasteiger partial charge < -0.3 is 15.0 Å². The van der Waals surface area contributed by atoms with Crippen molar-refractivity contribution in [3.63, 3.8) is 0 Å². The number of aryl methyl sites for hydroxylation is 1. The van der Waals surface area contributed by atoms with Crippen LogP contribution in [0.25, 0.3) is 0 Å². The first-order chi connectivity index (χ1) is 18.1. The standard InChI is InChI=1S/C30H39N5O3/c1-22-13-17-33(18-14-22)27-21-23(2)7-12-26(27)28(36)32-24-8-10-25(11-9-24)35(29(37)38-30(3,4)5)20-19-34-16-6-15-31-34/h6-12,15-16,21-22H,13-14,17-20H2,1-5H3,(H,32,36). The van der Waals surface area contributed by atoms with Gasteiger partial charge in [0, 0.05) is 49.1 Å². The first-order valence-corrected chi connectivity index (χ1v) is 13.3. The zero-order valence-electron chi connectivity index (χ0n) is 23.1. The van der Waals surface area contributed by atoms with Gasteiger partial charge in [-0.25, -0.2) is 4.79 Å². The largest absolute Gasteiger partial charge is 0.443 e. The number of rotatable bonds is 7. The van der Waals surface area contributed by atoms with E-state index < -0.39 is 11.7 Å². The van der Waals surface area contributed by atoms with Crippen LogP contribution in [0.2, 0.25) is 0 Å². The molecule has 1 aliphatic heterocycles. The van der Waals surface area contributed by atoms with Crippen LogP contribution in [0.15, 0.2) is 60.9 Å². The second-order valence-corrected chi connectivity index (χ2v) is 11.1. The van der Waals surface area contributed by atoms with Gasteiger partial charge in [0.15, 0.2) is 0 Å². The molecule has 202 valence electrons. The SMILES string of the molecule is Cc1ccc(C(=O)Nc2ccc(N(CCn3cccn3)C(=O)OC(C)(C)C)cc2)c(N2CCC(C)CC2)c1. The van der Waals surface area contributed by atoms with Gasteiger partial charge in [-0.05, 0) is 94.5 Å². The summed E-state index contributed by atoms with van der Waals surface area (Å²) in [7, 11) is 0. The molecule has 1 saturated heterocycles. The molecule has 2 aromatic carbocycles. The third kappa shape index (κ3) is 7.15. The Morgan fingerprint density at radius 2 is 1.82 bits per heavy atom. The third-order valence-corrected chi connectivity index (χ3v) is 6.68. The maximum absolute atomic E-state index is 13.3. The minimum absolute atomic E-state index is 0.144. The van der Waals surface area contributed by atoms with Crippen molar-refractivity contribution in [3.05, 3.63) is 72.1 Å². The fraction of sp³-hybridized carbons (Fsp3) is 0.433. The summed E-state index contributed by atoms with van der Waals surface area (Å²) in [6.45, 7) is 12.7. The van der Waals surface area contributed by atoms with Crippen molar-refractivity contribution in [1.82, 2.24) is 9.78 Å². The molecule has 38 heavy (non-hydrogen) atoms. The highest BCUT2D eigenvalue weighted by atomic mass is 16.6. The molecule has 8 heteroatoms. The molecule has 0 radical (unpaired) electrons. The van der Waals surface area contributed by atoms with Crippen molar-refractivity contribution in [1.29, 1.82) is 0 Å². The Morgan fingerprint density at radius 3 is 2.45 bits per heavy atom. The number of nitrogens with zero attached hydrogens (tertiary/aromatic N) is 4. The lowest BCUT2D eigenvalue weighted by Gasteiger charge is -2.33. The Bertz CT molecular complexity index is 1220. The van der Waals surface area contributed by atoms with Crippen LogP contribution >= 0.6 is 0 Å². The minimum Gasteiger partial charge on any atom is -0.443 e. The fourth-order valence-electron chi connectivity index (χ4n) is 4.55. The normalized spacial score (nSPS) is 14.3. The highest BCUT2D eigenvalue weighted by Crippen LogP contribution is 2.29. The molecule has 8 nitrogen and oxygen atoms in total. The van der Waals surface area contributed by atoms with Crippen molar-refractivity contribution in [3.8, 4) is 0 Å². The van der Waals surface area contributed by atoms with Crippen molar-refractivity contribution in [2.45, 2.75) is 59.6 Å². The summed E-state index contributed by atoms with van der Waals surface area (Å²) in [6, 6.07) is 15.1. The Balaban J connectivity index is 1.49. The van der Waals surface area contributed by atoms with Crippen LogP contribution in [0.5, 0.6) is 0 Å². The Morgan fingerprint density at radius 1 is 1.11 bits per heavy atom. The lowest BCUT2D eigenvalue weighted by Crippen LogP contribution is -2.38. The summed E-state index contributed by atoms with van der Waals surface area (Å²) in [5.74, 6) is 0.570. The van der Waals surface area contributed by atoms with E-state index in [2.05, 4.69) is 35.2 Å². The predicted molar refractivity (Wildman–Crippen MR) is 152 cm³/mol. The van der Waals surface area contributed by atoms with E-state index in [4.69, 9.17) is 4.74 Å². The van der Waals surface area contributed by atoms with Gasteiger partial charge in [0.25, 0.3) is 5.91 Å². The zero-order chi connectivity index (χ0) is 27.3. The summed E-state index contributed by atoms with van der Waals surface area (Å²) < 4.78 is 7.42. The highest BCUT2D eigenvalue weighted by molar-refractivity contribution is 6.08. The molecule has 4 rings (SSSR count). The molecule has 0 atom stereocenters. The van der Waals surface area contributed by atoms with Crippen molar-refractivity contribution in [2.75, 3.05) is 34.8 Å². The van der Waals surface area contributed by atoms with E-state index >= 15 is 0 Å². The zero-order valence-corrected chi connectivity index (χ0v) is 23.1. The predicted octanol–water partition coefficient (Wildman–Crippen LogP) is 6.12. The molecular formula is C30H39N5O3. The molecular weight excluding hydrogens is 478 g/mol. The molecule has 0 saturated carbocycles. The molecule has 2 amide bonds. The number of hydrogen-bond acceptors (Lipinski definition) is 5. The van der Waals surface area contributed by atoms with E-state index in [-0.39, 0.29) is 5.91 Å². The molecule has 0 aliphatic carbocycles. The van der Waals surface area contributed by atoms with Crippen LogP contribution in [0, 0.1) is 12.8 Å². The highest BCUT2D eigenvalue weighted by Gasteiger charge is 2.24. The second kappa shape index (κ2) is 11.7. The van der Waals surface area contributed by atoms with Gasteiger partial charge in [-0.15, -0.1) is 0 Å². The number of ether oxygens (including phenoxy) is 1. The van der Waals surface area contributed by atoms with Gasteiger partial charge in [-0.3, -0.25) is 14.4 Å². The monoisotopic (exact) mass is 517 g/mol. The van der Waals surface area contributed by atoms with Crippen molar-refractivity contribution >= 4 is 29.1 Å². The summed E-state index contributed by atoms with van der Waals surface area (Å²) in [4.78, 5) is 30.3. The average molecular weight is 518 g/mol. The lowest BCUT2D eigenvalue weighted by molar-refractivity contribution is 0.0578. The van der Waals surface area contributed by atoms with E-state index in [0.717, 1.165) is 37.2 Å². The summed E-state index contributed by atoms with van der Waals surface area (Å²) >= 11 is 0. The first kappa shape index (κ1) is 27.2. The number of nitrogens with one attached hydrogen (secondary N) is 1. The smallest absolute Gasteiger partial charge is 0.414 e.